The highest BCUT2D eigenvalue weighted by atomic mass is 32.2. The number of carbonyl (C=O) groups is 1. The van der Waals surface area contributed by atoms with Crippen LogP contribution in [-0.2, 0) is 13.0 Å². The summed E-state index contributed by atoms with van der Waals surface area (Å²) < 4.78 is 0. The second-order valence-corrected chi connectivity index (χ2v) is 7.45. The molecular weight excluding hydrogens is 284 g/mol. The summed E-state index contributed by atoms with van der Waals surface area (Å²) >= 11 is 2.02. The molecular formula is C15H24N4OS. The maximum absolute atomic E-state index is 12.5. The largest absolute Gasteiger partial charge is 0.348 e. The number of fused-ring (bicyclic) bond motifs is 1. The minimum atomic E-state index is -0.0108. The third-order valence-electron chi connectivity index (χ3n) is 4.39. The molecule has 3 rings (SSSR count). The van der Waals surface area contributed by atoms with Crippen molar-refractivity contribution in [1.82, 2.24) is 20.8 Å². The summed E-state index contributed by atoms with van der Waals surface area (Å²) in [6.45, 7) is 3.90. The Hall–Kier alpha value is -1.01. The molecule has 1 saturated carbocycles. The lowest BCUT2D eigenvalue weighted by atomic mass is 9.94. The lowest BCUT2D eigenvalue weighted by molar-refractivity contribution is 0.0922. The second kappa shape index (κ2) is 6.83. The van der Waals surface area contributed by atoms with Gasteiger partial charge in [0.2, 0.25) is 0 Å². The summed E-state index contributed by atoms with van der Waals surface area (Å²) in [4.78, 5) is 12.5. The molecule has 2 aliphatic rings. The van der Waals surface area contributed by atoms with Gasteiger partial charge in [0, 0.05) is 42.1 Å². The molecule has 116 valence electrons. The van der Waals surface area contributed by atoms with E-state index in [1.54, 1.807) is 0 Å². The van der Waals surface area contributed by atoms with Crippen LogP contribution in [0, 0.1) is 0 Å². The molecule has 2 heterocycles. The number of thioether (sulfide) groups is 1. The molecule has 0 saturated heterocycles. The second-order valence-electron chi connectivity index (χ2n) is 5.87. The van der Waals surface area contributed by atoms with Gasteiger partial charge in [-0.3, -0.25) is 9.89 Å². The molecule has 1 fully saturated rings. The fourth-order valence-corrected chi connectivity index (χ4v) is 4.50. The third-order valence-corrected chi connectivity index (χ3v) is 5.62. The molecule has 0 bridgehead atoms. The molecule has 0 aromatic carbocycles. The van der Waals surface area contributed by atoms with E-state index in [9.17, 15) is 4.79 Å². The molecule has 2 atom stereocenters. The quantitative estimate of drug-likeness (QED) is 0.794. The molecule has 2 unspecified atom stereocenters. The number of carbonyl (C=O) groups excluding carboxylic acids is 1. The number of hydrogen-bond acceptors (Lipinski definition) is 4. The van der Waals surface area contributed by atoms with Crippen molar-refractivity contribution in [2.75, 3.05) is 12.3 Å². The van der Waals surface area contributed by atoms with Gasteiger partial charge in [0.25, 0.3) is 5.91 Å². The zero-order valence-corrected chi connectivity index (χ0v) is 13.4. The van der Waals surface area contributed by atoms with Crippen molar-refractivity contribution < 1.29 is 4.79 Å². The normalized spacial score (nSPS) is 25.4. The van der Waals surface area contributed by atoms with Gasteiger partial charge in [-0.15, -0.1) is 0 Å². The number of aromatic amines is 1. The number of nitrogens with one attached hydrogen (secondary N) is 3. The van der Waals surface area contributed by atoms with Crippen LogP contribution in [0.2, 0.25) is 0 Å². The van der Waals surface area contributed by atoms with Gasteiger partial charge in [-0.05, 0) is 25.0 Å². The average molecular weight is 308 g/mol. The number of nitrogens with zero attached hydrogens (tertiary/aromatic N) is 1. The first-order chi connectivity index (χ1) is 10.3. The fourth-order valence-electron chi connectivity index (χ4n) is 3.33. The highest BCUT2D eigenvalue weighted by Crippen LogP contribution is 2.28. The zero-order chi connectivity index (χ0) is 14.7. The SMILES string of the molecule is CCSC1CCCC(NC(=O)c2n[nH]c3c2CNCC3)C1. The van der Waals surface area contributed by atoms with Crippen LogP contribution in [0.5, 0.6) is 0 Å². The molecule has 1 aromatic heterocycles. The molecule has 21 heavy (non-hydrogen) atoms. The molecule has 1 aliphatic carbocycles. The molecule has 0 radical (unpaired) electrons. The van der Waals surface area contributed by atoms with Gasteiger partial charge < -0.3 is 10.6 Å². The first-order valence-electron chi connectivity index (χ1n) is 7.97. The molecule has 6 heteroatoms. The molecule has 0 spiro atoms. The summed E-state index contributed by atoms with van der Waals surface area (Å²) in [6, 6.07) is 0.305. The Morgan fingerprint density at radius 3 is 3.24 bits per heavy atom. The highest BCUT2D eigenvalue weighted by molar-refractivity contribution is 7.99. The van der Waals surface area contributed by atoms with E-state index in [1.807, 2.05) is 11.8 Å². The molecule has 1 aromatic rings. The van der Waals surface area contributed by atoms with E-state index in [2.05, 4.69) is 27.8 Å². The Labute approximate surface area is 130 Å². The van der Waals surface area contributed by atoms with Crippen LogP contribution in [0.1, 0.15) is 54.4 Å². The van der Waals surface area contributed by atoms with E-state index in [0.717, 1.165) is 49.4 Å². The van der Waals surface area contributed by atoms with Crippen molar-refractivity contribution >= 4 is 17.7 Å². The van der Waals surface area contributed by atoms with Crippen molar-refractivity contribution in [3.63, 3.8) is 0 Å². The molecule has 1 aliphatic heterocycles. The van der Waals surface area contributed by atoms with Crippen molar-refractivity contribution in [3.8, 4) is 0 Å². The Morgan fingerprint density at radius 2 is 2.38 bits per heavy atom. The van der Waals surface area contributed by atoms with Gasteiger partial charge >= 0.3 is 0 Å². The van der Waals surface area contributed by atoms with Gasteiger partial charge in [0.1, 0.15) is 0 Å². The lowest BCUT2D eigenvalue weighted by Gasteiger charge is -2.29. The van der Waals surface area contributed by atoms with Crippen LogP contribution in [0.25, 0.3) is 0 Å². The Morgan fingerprint density at radius 1 is 1.48 bits per heavy atom. The zero-order valence-electron chi connectivity index (χ0n) is 12.6. The maximum atomic E-state index is 12.5. The smallest absolute Gasteiger partial charge is 0.272 e. The van der Waals surface area contributed by atoms with Crippen LogP contribution in [0.4, 0.5) is 0 Å². The van der Waals surface area contributed by atoms with Crippen LogP contribution in [0.3, 0.4) is 0 Å². The molecule has 5 nitrogen and oxygen atoms in total. The summed E-state index contributed by atoms with van der Waals surface area (Å²) in [7, 11) is 0. The van der Waals surface area contributed by atoms with Crippen LogP contribution in [0.15, 0.2) is 0 Å². The lowest BCUT2D eigenvalue weighted by Crippen LogP contribution is -2.40. The minimum Gasteiger partial charge on any atom is -0.348 e. The van der Waals surface area contributed by atoms with E-state index in [4.69, 9.17) is 0 Å². The number of rotatable bonds is 4. The monoisotopic (exact) mass is 308 g/mol. The fraction of sp³-hybridized carbons (Fsp3) is 0.733. The molecule has 1 amide bonds. The standard InChI is InChI=1S/C15H24N4OS/c1-2-21-11-5-3-4-10(8-11)17-15(20)14-12-9-16-7-6-13(12)18-19-14/h10-11,16H,2-9H2,1H3,(H,17,20)(H,18,19). The Bertz CT molecular complexity index is 500. The van der Waals surface area contributed by atoms with Crippen LogP contribution in [-0.4, -0.2) is 39.7 Å². The minimum absolute atomic E-state index is 0.0108. The first kappa shape index (κ1) is 14.9. The summed E-state index contributed by atoms with van der Waals surface area (Å²) in [5, 5.41) is 14.5. The third kappa shape index (κ3) is 3.43. The van der Waals surface area contributed by atoms with E-state index < -0.39 is 0 Å². The number of H-pyrrole nitrogens is 1. The van der Waals surface area contributed by atoms with Gasteiger partial charge in [-0.2, -0.15) is 16.9 Å². The number of amides is 1. The number of aromatic nitrogens is 2. The van der Waals surface area contributed by atoms with Gasteiger partial charge in [0.15, 0.2) is 5.69 Å². The van der Waals surface area contributed by atoms with Crippen molar-refractivity contribution in [2.24, 2.45) is 0 Å². The van der Waals surface area contributed by atoms with Crippen molar-refractivity contribution in [2.45, 2.75) is 56.9 Å². The van der Waals surface area contributed by atoms with Gasteiger partial charge in [-0.25, -0.2) is 0 Å². The number of hydrogen-bond donors (Lipinski definition) is 3. The Kier molecular flexibility index (Phi) is 4.85. The Balaban J connectivity index is 1.62. The first-order valence-corrected chi connectivity index (χ1v) is 9.02. The van der Waals surface area contributed by atoms with E-state index in [1.165, 1.54) is 12.8 Å². The highest BCUT2D eigenvalue weighted by Gasteiger charge is 2.26. The summed E-state index contributed by atoms with van der Waals surface area (Å²) in [5.74, 6) is 1.15. The van der Waals surface area contributed by atoms with Crippen LogP contribution >= 0.6 is 11.8 Å². The van der Waals surface area contributed by atoms with E-state index in [0.29, 0.717) is 17.0 Å². The maximum Gasteiger partial charge on any atom is 0.272 e. The molecule has 3 N–H and O–H groups in total. The predicted octanol–water partition coefficient (Wildman–Crippen LogP) is 1.85. The average Bonchev–Trinajstić information content (AvgIpc) is 2.92. The van der Waals surface area contributed by atoms with Crippen LogP contribution < -0.4 is 10.6 Å². The van der Waals surface area contributed by atoms with Gasteiger partial charge in [-0.1, -0.05) is 13.3 Å². The predicted molar refractivity (Wildman–Crippen MR) is 85.6 cm³/mol. The topological polar surface area (TPSA) is 69.8 Å². The van der Waals surface area contributed by atoms with Crippen molar-refractivity contribution in [1.29, 1.82) is 0 Å². The summed E-state index contributed by atoms with van der Waals surface area (Å²) in [5.41, 5.74) is 2.75. The van der Waals surface area contributed by atoms with E-state index >= 15 is 0 Å². The summed E-state index contributed by atoms with van der Waals surface area (Å²) in [6.07, 6.45) is 5.61. The van der Waals surface area contributed by atoms with Crippen molar-refractivity contribution in [3.05, 3.63) is 17.0 Å². The van der Waals surface area contributed by atoms with E-state index in [-0.39, 0.29) is 5.91 Å². The van der Waals surface area contributed by atoms with Gasteiger partial charge in [0.05, 0.1) is 0 Å².